The standard InChI is InChI=1S/C14H10FNO5/c1-21-12-4-2-3-9(13(12)15)8-5-6-10(14(17)18)11(7-8)16(19)20/h2-7H,1H3,(H,17,18). The van der Waals surface area contributed by atoms with E-state index in [1.165, 1.54) is 31.4 Å². The van der Waals surface area contributed by atoms with Gasteiger partial charge >= 0.3 is 5.97 Å². The minimum atomic E-state index is -1.42. The van der Waals surface area contributed by atoms with Crippen LogP contribution in [0.1, 0.15) is 10.4 Å². The Labute approximate surface area is 118 Å². The predicted octanol–water partition coefficient (Wildman–Crippen LogP) is 3.11. The van der Waals surface area contributed by atoms with Crippen molar-refractivity contribution >= 4 is 11.7 Å². The van der Waals surface area contributed by atoms with Crippen LogP contribution in [-0.4, -0.2) is 23.1 Å². The summed E-state index contributed by atoms with van der Waals surface area (Å²) in [4.78, 5) is 21.1. The first-order chi connectivity index (χ1) is 9.95. The van der Waals surface area contributed by atoms with Gasteiger partial charge in [-0.2, -0.15) is 0 Å². The fourth-order valence-electron chi connectivity index (χ4n) is 1.92. The van der Waals surface area contributed by atoms with E-state index in [0.29, 0.717) is 0 Å². The Balaban J connectivity index is 2.64. The summed E-state index contributed by atoms with van der Waals surface area (Å²) in [5, 5.41) is 19.9. The highest BCUT2D eigenvalue weighted by Gasteiger charge is 2.21. The van der Waals surface area contributed by atoms with Crippen molar-refractivity contribution in [3.05, 3.63) is 57.9 Å². The molecule has 0 fully saturated rings. The molecule has 0 amide bonds. The molecule has 0 aliphatic carbocycles. The van der Waals surface area contributed by atoms with E-state index in [-0.39, 0.29) is 16.9 Å². The first-order valence-electron chi connectivity index (χ1n) is 5.80. The summed E-state index contributed by atoms with van der Waals surface area (Å²) < 4.78 is 19.0. The van der Waals surface area contributed by atoms with Crippen molar-refractivity contribution in [3.63, 3.8) is 0 Å². The Bertz CT molecular complexity index is 729. The smallest absolute Gasteiger partial charge is 0.342 e. The number of halogens is 1. The summed E-state index contributed by atoms with van der Waals surface area (Å²) in [5.74, 6) is -2.09. The SMILES string of the molecule is COc1cccc(-c2ccc(C(=O)O)c([N+](=O)[O-])c2)c1F. The average molecular weight is 291 g/mol. The molecule has 2 aromatic rings. The number of carbonyl (C=O) groups is 1. The molecular formula is C14H10FNO5. The Hall–Kier alpha value is -2.96. The zero-order valence-corrected chi connectivity index (χ0v) is 10.9. The molecule has 0 aromatic heterocycles. The van der Waals surface area contributed by atoms with Gasteiger partial charge in [0.25, 0.3) is 5.69 Å². The third-order valence-corrected chi connectivity index (χ3v) is 2.92. The zero-order valence-electron chi connectivity index (χ0n) is 10.9. The summed E-state index contributed by atoms with van der Waals surface area (Å²) in [5.41, 5.74) is -0.758. The van der Waals surface area contributed by atoms with Crippen molar-refractivity contribution in [1.29, 1.82) is 0 Å². The van der Waals surface area contributed by atoms with Gasteiger partial charge in [-0.3, -0.25) is 10.1 Å². The second-order valence-electron chi connectivity index (χ2n) is 4.12. The number of carboxylic acid groups (broad SMARTS) is 1. The minimum Gasteiger partial charge on any atom is -0.494 e. The van der Waals surface area contributed by atoms with E-state index in [9.17, 15) is 19.3 Å². The van der Waals surface area contributed by atoms with Crippen LogP contribution in [0, 0.1) is 15.9 Å². The largest absolute Gasteiger partial charge is 0.494 e. The van der Waals surface area contributed by atoms with Crippen LogP contribution in [0.4, 0.5) is 10.1 Å². The first kappa shape index (κ1) is 14.4. The Morgan fingerprint density at radius 3 is 2.62 bits per heavy atom. The molecular weight excluding hydrogens is 281 g/mol. The van der Waals surface area contributed by atoms with Gasteiger partial charge in [0, 0.05) is 11.6 Å². The van der Waals surface area contributed by atoms with Crippen molar-refractivity contribution in [1.82, 2.24) is 0 Å². The van der Waals surface area contributed by atoms with Crippen LogP contribution >= 0.6 is 0 Å². The molecule has 0 aliphatic heterocycles. The van der Waals surface area contributed by atoms with Crippen LogP contribution in [0.15, 0.2) is 36.4 Å². The molecule has 0 spiro atoms. The molecule has 21 heavy (non-hydrogen) atoms. The van der Waals surface area contributed by atoms with Crippen molar-refractivity contribution in [2.24, 2.45) is 0 Å². The highest BCUT2D eigenvalue weighted by Crippen LogP contribution is 2.32. The second kappa shape index (κ2) is 5.58. The van der Waals surface area contributed by atoms with Gasteiger partial charge in [-0.1, -0.05) is 18.2 Å². The fourth-order valence-corrected chi connectivity index (χ4v) is 1.92. The normalized spacial score (nSPS) is 10.2. The molecule has 0 atom stereocenters. The number of ether oxygens (including phenoxy) is 1. The molecule has 2 aromatic carbocycles. The van der Waals surface area contributed by atoms with Crippen LogP contribution in [0.5, 0.6) is 5.75 Å². The van der Waals surface area contributed by atoms with Gasteiger partial charge in [0.2, 0.25) is 0 Å². The maximum absolute atomic E-state index is 14.1. The lowest BCUT2D eigenvalue weighted by Gasteiger charge is -2.08. The molecule has 0 aliphatic rings. The van der Waals surface area contributed by atoms with Gasteiger partial charge in [0.1, 0.15) is 5.56 Å². The molecule has 0 saturated carbocycles. The van der Waals surface area contributed by atoms with Crippen LogP contribution < -0.4 is 4.74 Å². The maximum atomic E-state index is 14.1. The van der Waals surface area contributed by atoms with E-state index in [1.54, 1.807) is 0 Å². The number of aromatic carboxylic acids is 1. The Kier molecular flexibility index (Phi) is 3.84. The highest BCUT2D eigenvalue weighted by molar-refractivity contribution is 5.93. The molecule has 0 heterocycles. The average Bonchev–Trinajstić information content (AvgIpc) is 2.46. The molecule has 6 nitrogen and oxygen atoms in total. The lowest BCUT2D eigenvalue weighted by molar-refractivity contribution is -0.385. The molecule has 0 saturated heterocycles. The summed E-state index contributed by atoms with van der Waals surface area (Å²) in [6, 6.07) is 7.80. The van der Waals surface area contributed by atoms with E-state index in [1.807, 2.05) is 0 Å². The number of hydrogen-bond acceptors (Lipinski definition) is 4. The Morgan fingerprint density at radius 2 is 2.05 bits per heavy atom. The quantitative estimate of drug-likeness (QED) is 0.690. The van der Waals surface area contributed by atoms with Gasteiger partial charge in [0.15, 0.2) is 11.6 Å². The highest BCUT2D eigenvalue weighted by atomic mass is 19.1. The number of nitrogens with zero attached hydrogens (tertiary/aromatic N) is 1. The van der Waals surface area contributed by atoms with Crippen molar-refractivity contribution in [2.45, 2.75) is 0 Å². The van der Waals surface area contributed by atoms with E-state index in [0.717, 1.165) is 12.1 Å². The summed E-state index contributed by atoms with van der Waals surface area (Å²) in [6.07, 6.45) is 0. The summed E-state index contributed by atoms with van der Waals surface area (Å²) in [6.45, 7) is 0. The third kappa shape index (κ3) is 2.66. The number of hydrogen-bond donors (Lipinski definition) is 1. The summed E-state index contributed by atoms with van der Waals surface area (Å²) >= 11 is 0. The minimum absolute atomic E-state index is 0.00235. The van der Waals surface area contributed by atoms with E-state index in [2.05, 4.69) is 0 Å². The summed E-state index contributed by atoms with van der Waals surface area (Å²) in [7, 11) is 1.30. The number of rotatable bonds is 4. The first-order valence-corrected chi connectivity index (χ1v) is 5.80. The molecule has 0 unspecified atom stereocenters. The number of nitro groups is 1. The van der Waals surface area contributed by atoms with Gasteiger partial charge in [-0.05, 0) is 17.7 Å². The maximum Gasteiger partial charge on any atom is 0.342 e. The zero-order chi connectivity index (χ0) is 15.6. The molecule has 7 heteroatoms. The third-order valence-electron chi connectivity index (χ3n) is 2.92. The topological polar surface area (TPSA) is 89.7 Å². The predicted molar refractivity (Wildman–Crippen MR) is 72.0 cm³/mol. The second-order valence-corrected chi connectivity index (χ2v) is 4.12. The van der Waals surface area contributed by atoms with Crippen LogP contribution in [0.25, 0.3) is 11.1 Å². The van der Waals surface area contributed by atoms with Crippen molar-refractivity contribution in [2.75, 3.05) is 7.11 Å². The number of nitro benzene ring substituents is 1. The van der Waals surface area contributed by atoms with Crippen LogP contribution in [0.2, 0.25) is 0 Å². The number of carboxylic acids is 1. The van der Waals surface area contributed by atoms with Crippen LogP contribution in [-0.2, 0) is 0 Å². The van der Waals surface area contributed by atoms with Crippen molar-refractivity contribution < 1.29 is 24.0 Å². The number of methoxy groups -OCH3 is 1. The lowest BCUT2D eigenvalue weighted by atomic mass is 10.0. The van der Waals surface area contributed by atoms with Crippen molar-refractivity contribution in [3.8, 4) is 16.9 Å². The van der Waals surface area contributed by atoms with Gasteiger partial charge in [-0.25, -0.2) is 9.18 Å². The van der Waals surface area contributed by atoms with Gasteiger partial charge in [0.05, 0.1) is 12.0 Å². The van der Waals surface area contributed by atoms with E-state index >= 15 is 0 Å². The molecule has 2 rings (SSSR count). The molecule has 0 bridgehead atoms. The van der Waals surface area contributed by atoms with Crippen LogP contribution in [0.3, 0.4) is 0 Å². The van der Waals surface area contributed by atoms with E-state index < -0.39 is 28.0 Å². The number of benzene rings is 2. The fraction of sp³-hybridized carbons (Fsp3) is 0.0714. The molecule has 0 radical (unpaired) electrons. The Morgan fingerprint density at radius 1 is 1.33 bits per heavy atom. The van der Waals surface area contributed by atoms with Gasteiger partial charge in [-0.15, -0.1) is 0 Å². The molecule has 108 valence electrons. The lowest BCUT2D eigenvalue weighted by Crippen LogP contribution is -2.03. The molecule has 1 N–H and O–H groups in total. The monoisotopic (exact) mass is 291 g/mol. The van der Waals surface area contributed by atoms with Gasteiger partial charge < -0.3 is 9.84 Å². The van der Waals surface area contributed by atoms with E-state index in [4.69, 9.17) is 9.84 Å².